The number of hydrogen-bond acceptors (Lipinski definition) is 2. The fraction of sp³-hybridized carbons (Fsp3) is 0.0714. The van der Waals surface area contributed by atoms with Gasteiger partial charge >= 0.3 is 0 Å². The zero-order valence-corrected chi connectivity index (χ0v) is 16.8. The van der Waals surface area contributed by atoms with Crippen LogP contribution in [0, 0.1) is 0 Å². The van der Waals surface area contributed by atoms with Gasteiger partial charge in [-0.3, -0.25) is 0 Å². The van der Waals surface area contributed by atoms with Gasteiger partial charge in [0.2, 0.25) is 0 Å². The third kappa shape index (κ3) is 3.48. The van der Waals surface area contributed by atoms with Crippen molar-refractivity contribution < 1.29 is 9.15 Å². The van der Waals surface area contributed by atoms with Crippen LogP contribution in [-0.2, 0) is 6.42 Å². The Morgan fingerprint density at radius 3 is 1.93 bits per heavy atom. The zero-order chi connectivity index (χ0) is 20.3. The fourth-order valence-electron chi connectivity index (χ4n) is 3.93. The van der Waals surface area contributed by atoms with Crippen molar-refractivity contribution in [2.75, 3.05) is 7.11 Å². The van der Waals surface area contributed by atoms with Crippen molar-refractivity contribution in [3.63, 3.8) is 0 Å². The standard InChI is InChI=1S/C28H22O2/c1-29-24-17-15-22(16-18-24)21-11-13-23(14-12-21)28-25-9-5-6-10-26(25)30-27(28)19-20-7-3-2-4-8-20/h2-18H,19H2,1H3. The molecule has 2 heteroatoms. The third-order valence-electron chi connectivity index (χ3n) is 5.47. The Labute approximate surface area is 176 Å². The Morgan fingerprint density at radius 1 is 0.633 bits per heavy atom. The molecule has 0 aliphatic carbocycles. The van der Waals surface area contributed by atoms with Gasteiger partial charge in [-0.05, 0) is 40.5 Å². The van der Waals surface area contributed by atoms with Gasteiger partial charge in [-0.15, -0.1) is 0 Å². The maximum atomic E-state index is 6.28. The smallest absolute Gasteiger partial charge is 0.134 e. The Hall–Kier alpha value is -3.78. The summed E-state index contributed by atoms with van der Waals surface area (Å²) in [7, 11) is 1.69. The van der Waals surface area contributed by atoms with Crippen LogP contribution in [0.5, 0.6) is 5.75 Å². The molecule has 0 aliphatic heterocycles. The minimum Gasteiger partial charge on any atom is -0.497 e. The van der Waals surface area contributed by atoms with E-state index in [4.69, 9.17) is 9.15 Å². The molecule has 0 amide bonds. The normalized spacial score (nSPS) is 11.0. The Bertz CT molecular complexity index is 1260. The van der Waals surface area contributed by atoms with Crippen LogP contribution < -0.4 is 4.74 Å². The summed E-state index contributed by atoms with van der Waals surface area (Å²) >= 11 is 0. The number of fused-ring (bicyclic) bond motifs is 1. The summed E-state index contributed by atoms with van der Waals surface area (Å²) in [5, 5.41) is 1.15. The SMILES string of the molecule is COc1ccc(-c2ccc(-c3c(Cc4ccccc4)oc4ccccc34)cc2)cc1. The largest absolute Gasteiger partial charge is 0.497 e. The molecule has 0 saturated heterocycles. The van der Waals surface area contributed by atoms with Gasteiger partial charge in [0.25, 0.3) is 0 Å². The summed E-state index contributed by atoms with van der Waals surface area (Å²) < 4.78 is 11.5. The van der Waals surface area contributed by atoms with Crippen LogP contribution in [0.1, 0.15) is 11.3 Å². The van der Waals surface area contributed by atoms with E-state index in [-0.39, 0.29) is 0 Å². The van der Waals surface area contributed by atoms with Gasteiger partial charge in [0.05, 0.1) is 7.11 Å². The van der Waals surface area contributed by atoms with Crippen molar-refractivity contribution >= 4 is 11.0 Å². The average Bonchev–Trinajstić information content (AvgIpc) is 3.17. The van der Waals surface area contributed by atoms with Crippen LogP contribution in [-0.4, -0.2) is 7.11 Å². The van der Waals surface area contributed by atoms with E-state index in [1.807, 2.05) is 30.3 Å². The molecule has 0 radical (unpaired) electrons. The van der Waals surface area contributed by atoms with E-state index < -0.39 is 0 Å². The molecule has 4 aromatic carbocycles. The number of methoxy groups -OCH3 is 1. The molecule has 0 N–H and O–H groups in total. The van der Waals surface area contributed by atoms with E-state index in [2.05, 4.69) is 72.8 Å². The number of hydrogen-bond donors (Lipinski definition) is 0. The number of benzene rings is 4. The highest BCUT2D eigenvalue weighted by atomic mass is 16.5. The van der Waals surface area contributed by atoms with Crippen LogP contribution in [0.15, 0.2) is 108 Å². The van der Waals surface area contributed by atoms with Crippen molar-refractivity contribution in [1.82, 2.24) is 0 Å². The first-order valence-corrected chi connectivity index (χ1v) is 10.1. The van der Waals surface area contributed by atoms with Gasteiger partial charge in [0, 0.05) is 17.4 Å². The highest BCUT2D eigenvalue weighted by molar-refractivity contribution is 5.96. The molecule has 0 atom stereocenters. The van der Waals surface area contributed by atoms with Crippen molar-refractivity contribution in [2.45, 2.75) is 6.42 Å². The molecule has 2 nitrogen and oxygen atoms in total. The van der Waals surface area contributed by atoms with Crippen molar-refractivity contribution in [3.05, 3.63) is 114 Å². The Balaban J connectivity index is 1.55. The second-order valence-electron chi connectivity index (χ2n) is 7.36. The first-order valence-electron chi connectivity index (χ1n) is 10.1. The average molecular weight is 390 g/mol. The van der Waals surface area contributed by atoms with Crippen molar-refractivity contribution in [1.29, 1.82) is 0 Å². The molecule has 0 fully saturated rings. The second kappa shape index (κ2) is 7.92. The highest BCUT2D eigenvalue weighted by Gasteiger charge is 2.16. The van der Waals surface area contributed by atoms with Gasteiger partial charge in [-0.25, -0.2) is 0 Å². The summed E-state index contributed by atoms with van der Waals surface area (Å²) in [5.41, 5.74) is 6.87. The minimum absolute atomic E-state index is 0.769. The zero-order valence-electron chi connectivity index (χ0n) is 16.8. The molecule has 0 aliphatic rings. The lowest BCUT2D eigenvalue weighted by Crippen LogP contribution is -1.89. The summed E-state index contributed by atoms with van der Waals surface area (Å²) in [6.07, 6.45) is 0.769. The van der Waals surface area contributed by atoms with E-state index in [0.29, 0.717) is 0 Å². The number of para-hydroxylation sites is 1. The van der Waals surface area contributed by atoms with E-state index in [0.717, 1.165) is 28.9 Å². The van der Waals surface area contributed by atoms with Crippen LogP contribution >= 0.6 is 0 Å². The monoisotopic (exact) mass is 390 g/mol. The Morgan fingerprint density at radius 2 is 1.23 bits per heavy atom. The summed E-state index contributed by atoms with van der Waals surface area (Å²) in [6, 6.07) is 35.6. The molecular weight excluding hydrogens is 368 g/mol. The number of ether oxygens (including phenoxy) is 1. The van der Waals surface area contributed by atoms with E-state index in [1.165, 1.54) is 27.8 Å². The van der Waals surface area contributed by atoms with Gasteiger partial charge in [-0.2, -0.15) is 0 Å². The maximum Gasteiger partial charge on any atom is 0.134 e. The lowest BCUT2D eigenvalue weighted by molar-refractivity contribution is 0.415. The van der Waals surface area contributed by atoms with Gasteiger partial charge in [0.15, 0.2) is 0 Å². The summed E-state index contributed by atoms with van der Waals surface area (Å²) in [4.78, 5) is 0. The topological polar surface area (TPSA) is 22.4 Å². The van der Waals surface area contributed by atoms with E-state index in [9.17, 15) is 0 Å². The minimum atomic E-state index is 0.769. The van der Waals surface area contributed by atoms with Crippen LogP contribution in [0.3, 0.4) is 0 Å². The van der Waals surface area contributed by atoms with Crippen LogP contribution in [0.25, 0.3) is 33.2 Å². The summed E-state index contributed by atoms with van der Waals surface area (Å²) in [5.74, 6) is 1.87. The molecule has 0 unspecified atom stereocenters. The summed E-state index contributed by atoms with van der Waals surface area (Å²) in [6.45, 7) is 0. The van der Waals surface area contributed by atoms with E-state index >= 15 is 0 Å². The van der Waals surface area contributed by atoms with Crippen LogP contribution in [0.4, 0.5) is 0 Å². The quantitative estimate of drug-likeness (QED) is 0.313. The van der Waals surface area contributed by atoms with Gasteiger partial charge < -0.3 is 9.15 Å². The molecule has 1 aromatic heterocycles. The predicted octanol–water partition coefficient (Wildman–Crippen LogP) is 7.37. The molecular formula is C28H22O2. The second-order valence-corrected chi connectivity index (χ2v) is 7.36. The highest BCUT2D eigenvalue weighted by Crippen LogP contribution is 2.37. The molecule has 5 aromatic rings. The Kier molecular flexibility index (Phi) is 4.82. The molecule has 0 spiro atoms. The molecule has 30 heavy (non-hydrogen) atoms. The molecule has 5 rings (SSSR count). The fourth-order valence-corrected chi connectivity index (χ4v) is 3.93. The van der Waals surface area contributed by atoms with E-state index in [1.54, 1.807) is 7.11 Å². The lowest BCUT2D eigenvalue weighted by atomic mass is 9.96. The maximum absolute atomic E-state index is 6.28. The van der Waals surface area contributed by atoms with Crippen LogP contribution in [0.2, 0.25) is 0 Å². The first kappa shape index (κ1) is 18.3. The number of furan rings is 1. The predicted molar refractivity (Wildman–Crippen MR) is 123 cm³/mol. The third-order valence-corrected chi connectivity index (χ3v) is 5.47. The van der Waals surface area contributed by atoms with Crippen molar-refractivity contribution in [3.8, 4) is 28.0 Å². The van der Waals surface area contributed by atoms with Gasteiger partial charge in [-0.1, -0.05) is 84.9 Å². The van der Waals surface area contributed by atoms with Gasteiger partial charge in [0.1, 0.15) is 17.1 Å². The lowest BCUT2D eigenvalue weighted by Gasteiger charge is -2.07. The molecule has 146 valence electrons. The van der Waals surface area contributed by atoms with Crippen molar-refractivity contribution in [2.24, 2.45) is 0 Å². The molecule has 1 heterocycles. The first-order chi connectivity index (χ1) is 14.8. The molecule has 0 saturated carbocycles. The number of rotatable bonds is 5. The molecule has 0 bridgehead atoms.